The number of rotatable bonds is 6. The van der Waals surface area contributed by atoms with Crippen LogP contribution in [0.5, 0.6) is 0 Å². The normalized spacial score (nSPS) is 24.8. The van der Waals surface area contributed by atoms with Crippen molar-refractivity contribution in [1.29, 1.82) is 0 Å². The molecule has 1 aromatic heterocycles. The Morgan fingerprint density at radius 3 is 2.89 bits per heavy atom. The highest BCUT2D eigenvalue weighted by molar-refractivity contribution is 5.11. The van der Waals surface area contributed by atoms with Crippen molar-refractivity contribution in [3.8, 4) is 0 Å². The van der Waals surface area contributed by atoms with Crippen LogP contribution in [0.3, 0.4) is 0 Å². The zero-order valence-corrected chi connectivity index (χ0v) is 12.6. The summed E-state index contributed by atoms with van der Waals surface area (Å²) in [6.45, 7) is 8.51. The van der Waals surface area contributed by atoms with Crippen molar-refractivity contribution in [2.75, 3.05) is 13.2 Å². The minimum absolute atomic E-state index is 0.335. The smallest absolute Gasteiger partial charge is 0.0758 e. The van der Waals surface area contributed by atoms with Crippen LogP contribution < -0.4 is 5.32 Å². The molecule has 4 nitrogen and oxygen atoms in total. The van der Waals surface area contributed by atoms with E-state index in [0.29, 0.717) is 18.1 Å². The lowest BCUT2D eigenvalue weighted by molar-refractivity contribution is 0.0605. The Morgan fingerprint density at radius 1 is 1.58 bits per heavy atom. The molecule has 1 aliphatic rings. The topological polar surface area (TPSA) is 39.1 Å². The molecule has 19 heavy (non-hydrogen) atoms. The van der Waals surface area contributed by atoms with Crippen molar-refractivity contribution in [2.45, 2.75) is 52.2 Å². The standard InChI is InChI=1S/C15H27N3O/c1-5-7-16-14(15-11(2)6-8-19-15)10-13-9-12(3)17-18(13)4/h9,11,14-16H,5-8,10H2,1-4H3. The lowest BCUT2D eigenvalue weighted by atomic mass is 9.94. The third-order valence-corrected chi connectivity index (χ3v) is 4.03. The summed E-state index contributed by atoms with van der Waals surface area (Å²) < 4.78 is 7.95. The Bertz CT molecular complexity index is 402. The van der Waals surface area contributed by atoms with Crippen LogP contribution in [0.25, 0.3) is 0 Å². The fraction of sp³-hybridized carbons (Fsp3) is 0.800. The third-order valence-electron chi connectivity index (χ3n) is 4.03. The number of aryl methyl sites for hydroxylation is 2. The van der Waals surface area contributed by atoms with Gasteiger partial charge in [-0.15, -0.1) is 0 Å². The van der Waals surface area contributed by atoms with Crippen LogP contribution in [0.2, 0.25) is 0 Å². The van der Waals surface area contributed by atoms with E-state index < -0.39 is 0 Å². The second kappa shape index (κ2) is 6.53. The van der Waals surface area contributed by atoms with Gasteiger partial charge in [0.05, 0.1) is 11.8 Å². The minimum atomic E-state index is 0.335. The number of hydrogen-bond acceptors (Lipinski definition) is 3. The molecule has 1 aliphatic heterocycles. The highest BCUT2D eigenvalue weighted by Gasteiger charge is 2.32. The second-order valence-electron chi connectivity index (χ2n) is 5.77. The molecule has 0 bridgehead atoms. The second-order valence-corrected chi connectivity index (χ2v) is 5.77. The van der Waals surface area contributed by atoms with E-state index in [4.69, 9.17) is 4.74 Å². The van der Waals surface area contributed by atoms with E-state index in [0.717, 1.165) is 31.7 Å². The van der Waals surface area contributed by atoms with E-state index in [1.54, 1.807) is 0 Å². The molecular weight excluding hydrogens is 238 g/mol. The summed E-state index contributed by atoms with van der Waals surface area (Å²) in [5, 5.41) is 8.10. The Morgan fingerprint density at radius 2 is 2.37 bits per heavy atom. The molecule has 0 spiro atoms. The maximum atomic E-state index is 5.95. The van der Waals surface area contributed by atoms with Crippen LogP contribution in [-0.2, 0) is 18.2 Å². The van der Waals surface area contributed by atoms with Crippen LogP contribution >= 0.6 is 0 Å². The third kappa shape index (κ3) is 3.57. The van der Waals surface area contributed by atoms with Gasteiger partial charge in [-0.2, -0.15) is 5.10 Å². The summed E-state index contributed by atoms with van der Waals surface area (Å²) in [6.07, 6.45) is 3.66. The predicted octanol–water partition coefficient (Wildman–Crippen LogP) is 2.06. The van der Waals surface area contributed by atoms with Crippen LogP contribution in [0.4, 0.5) is 0 Å². The van der Waals surface area contributed by atoms with Gasteiger partial charge in [0, 0.05) is 31.8 Å². The first-order chi connectivity index (χ1) is 9.11. The molecule has 4 heteroatoms. The summed E-state index contributed by atoms with van der Waals surface area (Å²) in [5.41, 5.74) is 2.38. The molecule has 3 atom stereocenters. The van der Waals surface area contributed by atoms with Gasteiger partial charge < -0.3 is 10.1 Å². The van der Waals surface area contributed by atoms with E-state index >= 15 is 0 Å². The fourth-order valence-corrected chi connectivity index (χ4v) is 2.95. The summed E-state index contributed by atoms with van der Waals surface area (Å²) in [4.78, 5) is 0. The van der Waals surface area contributed by atoms with Crippen molar-refractivity contribution in [3.63, 3.8) is 0 Å². The highest BCUT2D eigenvalue weighted by atomic mass is 16.5. The quantitative estimate of drug-likeness (QED) is 0.856. The first-order valence-electron chi connectivity index (χ1n) is 7.46. The zero-order chi connectivity index (χ0) is 13.8. The number of aromatic nitrogens is 2. The van der Waals surface area contributed by atoms with E-state index in [2.05, 4.69) is 30.3 Å². The molecule has 1 fully saturated rings. The molecule has 2 rings (SSSR count). The average Bonchev–Trinajstić information content (AvgIpc) is 2.91. The van der Waals surface area contributed by atoms with Gasteiger partial charge in [0.15, 0.2) is 0 Å². The maximum Gasteiger partial charge on any atom is 0.0758 e. The van der Waals surface area contributed by atoms with Crippen molar-refractivity contribution < 1.29 is 4.74 Å². The molecule has 0 aromatic carbocycles. The van der Waals surface area contributed by atoms with Crippen LogP contribution in [0, 0.1) is 12.8 Å². The van der Waals surface area contributed by atoms with Crippen LogP contribution in [-0.4, -0.2) is 35.1 Å². The van der Waals surface area contributed by atoms with Gasteiger partial charge in [-0.3, -0.25) is 4.68 Å². The van der Waals surface area contributed by atoms with E-state index in [1.807, 2.05) is 18.7 Å². The molecule has 2 heterocycles. The number of hydrogen-bond donors (Lipinski definition) is 1. The summed E-state index contributed by atoms with van der Waals surface area (Å²) >= 11 is 0. The summed E-state index contributed by atoms with van der Waals surface area (Å²) in [7, 11) is 2.03. The molecule has 0 saturated carbocycles. The zero-order valence-electron chi connectivity index (χ0n) is 12.6. The average molecular weight is 265 g/mol. The molecule has 1 aromatic rings. The van der Waals surface area contributed by atoms with E-state index in [1.165, 1.54) is 12.1 Å². The van der Waals surface area contributed by atoms with Gasteiger partial charge in [-0.05, 0) is 38.3 Å². The number of nitrogens with zero attached hydrogens (tertiary/aromatic N) is 2. The molecule has 0 aliphatic carbocycles. The van der Waals surface area contributed by atoms with Crippen molar-refractivity contribution >= 4 is 0 Å². The minimum Gasteiger partial charge on any atom is -0.376 e. The van der Waals surface area contributed by atoms with Crippen LogP contribution in [0.15, 0.2) is 6.07 Å². The maximum absolute atomic E-state index is 5.95. The van der Waals surface area contributed by atoms with Gasteiger partial charge in [-0.25, -0.2) is 0 Å². The SMILES string of the molecule is CCCNC(Cc1cc(C)nn1C)C1OCCC1C. The predicted molar refractivity (Wildman–Crippen MR) is 77.3 cm³/mol. The van der Waals surface area contributed by atoms with Gasteiger partial charge in [0.25, 0.3) is 0 Å². The number of nitrogens with one attached hydrogen (secondary N) is 1. The Balaban J connectivity index is 2.06. The van der Waals surface area contributed by atoms with Crippen molar-refractivity contribution in [2.24, 2.45) is 13.0 Å². The van der Waals surface area contributed by atoms with E-state index in [9.17, 15) is 0 Å². The molecule has 1 N–H and O–H groups in total. The largest absolute Gasteiger partial charge is 0.376 e. The Labute approximate surface area is 116 Å². The lowest BCUT2D eigenvalue weighted by Crippen LogP contribution is -2.44. The Hall–Kier alpha value is -0.870. The molecule has 0 amide bonds. The molecule has 3 unspecified atom stereocenters. The number of ether oxygens (including phenoxy) is 1. The van der Waals surface area contributed by atoms with Gasteiger partial charge in [-0.1, -0.05) is 13.8 Å². The molecular formula is C15H27N3O. The first-order valence-corrected chi connectivity index (χ1v) is 7.46. The molecule has 1 saturated heterocycles. The molecule has 0 radical (unpaired) electrons. The monoisotopic (exact) mass is 265 g/mol. The van der Waals surface area contributed by atoms with Gasteiger partial charge in [0.2, 0.25) is 0 Å². The van der Waals surface area contributed by atoms with Crippen molar-refractivity contribution in [3.05, 3.63) is 17.5 Å². The first kappa shape index (κ1) is 14.5. The van der Waals surface area contributed by atoms with Crippen molar-refractivity contribution in [1.82, 2.24) is 15.1 Å². The van der Waals surface area contributed by atoms with E-state index in [-0.39, 0.29) is 0 Å². The van der Waals surface area contributed by atoms with Gasteiger partial charge in [0.1, 0.15) is 0 Å². The lowest BCUT2D eigenvalue weighted by Gasteiger charge is -2.27. The van der Waals surface area contributed by atoms with Gasteiger partial charge >= 0.3 is 0 Å². The molecule has 108 valence electrons. The Kier molecular flexibility index (Phi) is 4.99. The summed E-state index contributed by atoms with van der Waals surface area (Å²) in [5.74, 6) is 0.642. The highest BCUT2D eigenvalue weighted by Crippen LogP contribution is 2.24. The van der Waals surface area contributed by atoms with Crippen LogP contribution in [0.1, 0.15) is 38.1 Å². The summed E-state index contributed by atoms with van der Waals surface area (Å²) in [6, 6.07) is 2.58. The fourth-order valence-electron chi connectivity index (χ4n) is 2.95.